The van der Waals surface area contributed by atoms with E-state index < -0.39 is 0 Å². The van der Waals surface area contributed by atoms with Crippen LogP contribution in [-0.4, -0.2) is 69.4 Å². The highest BCUT2D eigenvalue weighted by molar-refractivity contribution is 5.62. The van der Waals surface area contributed by atoms with Crippen LogP contribution < -0.4 is 5.32 Å². The van der Waals surface area contributed by atoms with Crippen LogP contribution in [0.25, 0.3) is 5.65 Å². The second kappa shape index (κ2) is 6.37. The molecule has 0 bridgehead atoms. The third kappa shape index (κ3) is 3.20. The average Bonchev–Trinajstić information content (AvgIpc) is 2.92. The topological polar surface area (TPSA) is 79.0 Å². The number of anilines is 1. The van der Waals surface area contributed by atoms with Gasteiger partial charge in [-0.05, 0) is 31.9 Å². The predicted molar refractivity (Wildman–Crippen MR) is 93.5 cm³/mol. The first-order chi connectivity index (χ1) is 11.4. The largest absolute Gasteiger partial charge is 0.372 e. The molecule has 1 aliphatic rings. The number of hydrogen-bond donors (Lipinski definition) is 1. The van der Waals surface area contributed by atoms with Crippen LogP contribution >= 0.6 is 0 Å². The normalized spacial score (nSPS) is 17.3. The summed E-state index contributed by atoms with van der Waals surface area (Å²) in [4.78, 5) is 20.2. The Morgan fingerprint density at radius 3 is 2.67 bits per heavy atom. The molecule has 8 nitrogen and oxygen atoms in total. The fourth-order valence-corrected chi connectivity index (χ4v) is 3.10. The van der Waals surface area contributed by atoms with E-state index >= 15 is 0 Å². The summed E-state index contributed by atoms with van der Waals surface area (Å²) in [6.07, 6.45) is 1.66. The summed E-state index contributed by atoms with van der Waals surface area (Å²) in [5.41, 5.74) is 0.467. The number of aromatic nitrogens is 2. The summed E-state index contributed by atoms with van der Waals surface area (Å²) in [5, 5.41) is 14.7. The highest BCUT2D eigenvalue weighted by atomic mass is 16.6. The zero-order valence-corrected chi connectivity index (χ0v) is 14.4. The molecule has 2 aromatic rings. The van der Waals surface area contributed by atoms with Crippen molar-refractivity contribution in [2.75, 3.05) is 45.1 Å². The van der Waals surface area contributed by atoms with Gasteiger partial charge in [0.25, 0.3) is 0 Å². The van der Waals surface area contributed by atoms with E-state index in [1.165, 1.54) is 4.40 Å². The van der Waals surface area contributed by atoms with Crippen molar-refractivity contribution >= 4 is 17.3 Å². The van der Waals surface area contributed by atoms with E-state index in [2.05, 4.69) is 41.0 Å². The Morgan fingerprint density at radius 2 is 2.00 bits per heavy atom. The lowest BCUT2D eigenvalue weighted by molar-refractivity contribution is -0.389. The van der Waals surface area contributed by atoms with Crippen molar-refractivity contribution in [2.45, 2.75) is 19.4 Å². The Balaban J connectivity index is 1.77. The van der Waals surface area contributed by atoms with Gasteiger partial charge >= 0.3 is 5.82 Å². The lowest BCUT2D eigenvalue weighted by Gasteiger charge is -2.43. The number of rotatable bonds is 5. The molecule has 8 heteroatoms. The van der Waals surface area contributed by atoms with Crippen LogP contribution in [-0.2, 0) is 0 Å². The number of nitrogens with one attached hydrogen (secondary N) is 1. The first-order valence-electron chi connectivity index (χ1n) is 8.17. The van der Waals surface area contributed by atoms with Gasteiger partial charge in [0.1, 0.15) is 0 Å². The Hall–Kier alpha value is -2.19. The Labute approximate surface area is 141 Å². The van der Waals surface area contributed by atoms with Crippen LogP contribution in [0.5, 0.6) is 0 Å². The van der Waals surface area contributed by atoms with Gasteiger partial charge in [-0.1, -0.05) is 6.07 Å². The first-order valence-corrected chi connectivity index (χ1v) is 8.17. The van der Waals surface area contributed by atoms with Crippen LogP contribution in [0, 0.1) is 10.1 Å². The molecule has 24 heavy (non-hydrogen) atoms. The molecular weight excluding hydrogens is 308 g/mol. The summed E-state index contributed by atoms with van der Waals surface area (Å²) in [6.45, 7) is 8.99. The van der Waals surface area contributed by atoms with E-state index in [0.717, 1.165) is 26.2 Å². The summed E-state index contributed by atoms with van der Waals surface area (Å²) >= 11 is 0. The molecule has 130 valence electrons. The van der Waals surface area contributed by atoms with E-state index in [1.807, 2.05) is 6.07 Å². The first kappa shape index (κ1) is 16.7. The maximum atomic E-state index is 11.4. The van der Waals surface area contributed by atoms with Gasteiger partial charge in [-0.15, -0.1) is 0 Å². The third-order valence-electron chi connectivity index (χ3n) is 4.73. The van der Waals surface area contributed by atoms with Gasteiger partial charge in [0.05, 0.1) is 6.20 Å². The Bertz CT molecular complexity index is 733. The van der Waals surface area contributed by atoms with Crippen LogP contribution in [0.15, 0.2) is 24.4 Å². The van der Waals surface area contributed by atoms with Gasteiger partial charge in [-0.2, -0.15) is 9.38 Å². The second-order valence-corrected chi connectivity index (χ2v) is 6.93. The molecule has 0 unspecified atom stereocenters. The van der Waals surface area contributed by atoms with E-state index in [0.29, 0.717) is 18.0 Å². The minimum absolute atomic E-state index is 0.0141. The molecule has 1 N–H and O–H groups in total. The fourth-order valence-electron chi connectivity index (χ4n) is 3.10. The molecule has 0 aliphatic carbocycles. The maximum absolute atomic E-state index is 11.4. The minimum Gasteiger partial charge on any atom is -0.361 e. The number of piperazine rings is 1. The molecule has 1 fully saturated rings. The van der Waals surface area contributed by atoms with Crippen LogP contribution in [0.1, 0.15) is 13.8 Å². The zero-order valence-electron chi connectivity index (χ0n) is 14.4. The van der Waals surface area contributed by atoms with Gasteiger partial charge in [0.2, 0.25) is 11.5 Å². The standard InChI is InChI=1S/C16H24N6O2/c1-16(2,20-10-8-19(3)9-11-20)12-17-14-15(22(23)24)21-7-5-4-6-13(21)18-14/h4-7,17H,8-12H2,1-3H3. The summed E-state index contributed by atoms with van der Waals surface area (Å²) in [6, 6.07) is 5.35. The van der Waals surface area contributed by atoms with Crippen molar-refractivity contribution in [3.05, 3.63) is 34.5 Å². The van der Waals surface area contributed by atoms with Gasteiger partial charge in [0.15, 0.2) is 0 Å². The molecule has 0 spiro atoms. The molecule has 0 amide bonds. The van der Waals surface area contributed by atoms with E-state index in [1.54, 1.807) is 18.3 Å². The highest BCUT2D eigenvalue weighted by Crippen LogP contribution is 2.26. The van der Waals surface area contributed by atoms with E-state index in [4.69, 9.17) is 0 Å². The number of likely N-dealkylation sites (N-methyl/N-ethyl adjacent to an activating group) is 1. The summed E-state index contributed by atoms with van der Waals surface area (Å²) in [5.74, 6) is 0.313. The number of hydrogen-bond acceptors (Lipinski definition) is 6. The molecular formula is C16H24N6O2. The predicted octanol–water partition coefficient (Wildman–Crippen LogP) is 1.68. The van der Waals surface area contributed by atoms with E-state index in [9.17, 15) is 10.1 Å². The zero-order chi connectivity index (χ0) is 17.3. The van der Waals surface area contributed by atoms with Crippen molar-refractivity contribution in [1.82, 2.24) is 19.2 Å². The number of nitrogens with zero attached hydrogens (tertiary/aromatic N) is 5. The SMILES string of the molecule is CN1CCN(C(C)(C)CNc2nc3ccccn3c2[N+](=O)[O-])CC1. The van der Waals surface area contributed by atoms with Crippen LogP contribution in [0.3, 0.4) is 0 Å². The quantitative estimate of drug-likeness (QED) is 0.663. The monoisotopic (exact) mass is 332 g/mol. The van der Waals surface area contributed by atoms with Crippen molar-refractivity contribution < 1.29 is 4.92 Å². The van der Waals surface area contributed by atoms with Gasteiger partial charge in [-0.3, -0.25) is 4.90 Å². The van der Waals surface area contributed by atoms with Crippen molar-refractivity contribution in [3.63, 3.8) is 0 Å². The number of nitro groups is 1. The maximum Gasteiger partial charge on any atom is 0.372 e. The lowest BCUT2D eigenvalue weighted by atomic mass is 10.0. The molecule has 1 aliphatic heterocycles. The molecule has 3 heterocycles. The molecule has 0 saturated carbocycles. The smallest absolute Gasteiger partial charge is 0.361 e. The van der Waals surface area contributed by atoms with Gasteiger partial charge in [-0.25, -0.2) is 0 Å². The number of pyridine rings is 1. The van der Waals surface area contributed by atoms with Crippen molar-refractivity contribution in [3.8, 4) is 0 Å². The summed E-state index contributed by atoms with van der Waals surface area (Å²) in [7, 11) is 2.13. The van der Waals surface area contributed by atoms with E-state index in [-0.39, 0.29) is 16.3 Å². The fraction of sp³-hybridized carbons (Fsp3) is 0.562. The molecule has 1 saturated heterocycles. The second-order valence-electron chi connectivity index (χ2n) is 6.93. The Morgan fingerprint density at radius 1 is 1.29 bits per heavy atom. The molecule has 0 aromatic carbocycles. The molecule has 0 atom stereocenters. The average molecular weight is 332 g/mol. The molecule has 3 rings (SSSR count). The van der Waals surface area contributed by atoms with Gasteiger partial charge < -0.3 is 20.3 Å². The third-order valence-corrected chi connectivity index (χ3v) is 4.73. The molecule has 0 radical (unpaired) electrons. The van der Waals surface area contributed by atoms with Crippen LogP contribution in [0.4, 0.5) is 11.6 Å². The minimum atomic E-state index is -0.384. The Kier molecular flexibility index (Phi) is 4.42. The van der Waals surface area contributed by atoms with Crippen LogP contribution in [0.2, 0.25) is 0 Å². The number of imidazole rings is 1. The lowest BCUT2D eigenvalue weighted by Crippen LogP contribution is -2.56. The van der Waals surface area contributed by atoms with Crippen molar-refractivity contribution in [2.24, 2.45) is 0 Å². The van der Waals surface area contributed by atoms with Gasteiger partial charge in [0, 0.05) is 44.3 Å². The highest BCUT2D eigenvalue weighted by Gasteiger charge is 2.31. The summed E-state index contributed by atoms with van der Waals surface area (Å²) < 4.78 is 1.51. The van der Waals surface area contributed by atoms with Crippen molar-refractivity contribution in [1.29, 1.82) is 0 Å². The number of fused-ring (bicyclic) bond motifs is 1. The molecule has 2 aromatic heterocycles.